The number of hydrogen-bond acceptors (Lipinski definition) is 2. The molecule has 0 aromatic carbocycles. The van der Waals surface area contributed by atoms with Gasteiger partial charge in [-0.05, 0) is 32.2 Å². The molecule has 0 radical (unpaired) electrons. The van der Waals surface area contributed by atoms with Crippen molar-refractivity contribution < 1.29 is 0 Å². The van der Waals surface area contributed by atoms with Gasteiger partial charge in [0.2, 0.25) is 0 Å². The molecule has 2 aliphatic rings. The average Bonchev–Trinajstić information content (AvgIpc) is 2.32. The Hall–Kier alpha value is -0.0800. The quantitative estimate of drug-likeness (QED) is 0.617. The zero-order chi connectivity index (χ0) is 7.68. The summed E-state index contributed by atoms with van der Waals surface area (Å²) in [6.07, 6.45) is 5.52. The van der Waals surface area contributed by atoms with Gasteiger partial charge < -0.3 is 10.6 Å². The first kappa shape index (κ1) is 7.56. The van der Waals surface area contributed by atoms with Gasteiger partial charge in [-0.15, -0.1) is 0 Å². The fraction of sp³-hybridized carbons (Fsp3) is 1.00. The largest absolute Gasteiger partial charge is 0.314 e. The van der Waals surface area contributed by atoms with Crippen LogP contribution in [0.15, 0.2) is 0 Å². The third-order valence-electron chi connectivity index (χ3n) is 2.97. The van der Waals surface area contributed by atoms with Crippen LogP contribution in [0.3, 0.4) is 0 Å². The second-order valence-electron chi connectivity index (χ2n) is 3.86. The van der Waals surface area contributed by atoms with Crippen molar-refractivity contribution in [2.24, 2.45) is 0 Å². The van der Waals surface area contributed by atoms with Crippen LogP contribution < -0.4 is 10.6 Å². The van der Waals surface area contributed by atoms with E-state index >= 15 is 0 Å². The highest BCUT2D eigenvalue weighted by molar-refractivity contribution is 4.94. The highest BCUT2D eigenvalue weighted by atomic mass is 15.0. The smallest absolute Gasteiger partial charge is 0.00965 e. The van der Waals surface area contributed by atoms with Crippen LogP contribution in [0.5, 0.6) is 0 Å². The van der Waals surface area contributed by atoms with Crippen molar-refractivity contribution in [3.8, 4) is 0 Å². The Kier molecular flexibility index (Phi) is 2.14. The summed E-state index contributed by atoms with van der Waals surface area (Å²) in [4.78, 5) is 0. The van der Waals surface area contributed by atoms with Crippen molar-refractivity contribution in [2.45, 2.75) is 50.7 Å². The van der Waals surface area contributed by atoms with Crippen LogP contribution in [0.25, 0.3) is 0 Å². The minimum absolute atomic E-state index is 0.804. The zero-order valence-electron chi connectivity index (χ0n) is 7.27. The van der Waals surface area contributed by atoms with Crippen LogP contribution in [-0.4, -0.2) is 24.7 Å². The van der Waals surface area contributed by atoms with E-state index in [-0.39, 0.29) is 0 Å². The summed E-state index contributed by atoms with van der Waals surface area (Å²) < 4.78 is 0. The summed E-state index contributed by atoms with van der Waals surface area (Å²) in [5.74, 6) is 0. The lowest BCUT2D eigenvalue weighted by Crippen LogP contribution is -2.46. The molecular formula is C9H18N2. The van der Waals surface area contributed by atoms with Gasteiger partial charge in [-0.1, -0.05) is 6.92 Å². The second-order valence-corrected chi connectivity index (χ2v) is 3.86. The van der Waals surface area contributed by atoms with Gasteiger partial charge in [0.15, 0.2) is 0 Å². The van der Waals surface area contributed by atoms with E-state index in [0.29, 0.717) is 0 Å². The van der Waals surface area contributed by atoms with Crippen molar-refractivity contribution >= 4 is 0 Å². The first-order chi connectivity index (χ1) is 5.38. The molecule has 2 atom stereocenters. The maximum Gasteiger partial charge on any atom is 0.00965 e. The number of nitrogens with one attached hydrogen (secondary N) is 2. The number of rotatable bonds is 2. The number of hydrogen-bond donors (Lipinski definition) is 2. The van der Waals surface area contributed by atoms with Gasteiger partial charge in [-0.2, -0.15) is 0 Å². The maximum atomic E-state index is 3.64. The summed E-state index contributed by atoms with van der Waals surface area (Å²) in [6, 6.07) is 2.47. The van der Waals surface area contributed by atoms with Crippen molar-refractivity contribution in [1.82, 2.24) is 10.6 Å². The molecule has 0 spiro atoms. The van der Waals surface area contributed by atoms with Gasteiger partial charge in [0, 0.05) is 18.1 Å². The van der Waals surface area contributed by atoms with Crippen LogP contribution in [0.4, 0.5) is 0 Å². The zero-order valence-corrected chi connectivity index (χ0v) is 7.27. The molecule has 2 bridgehead atoms. The van der Waals surface area contributed by atoms with Crippen LogP contribution in [0.1, 0.15) is 32.6 Å². The van der Waals surface area contributed by atoms with Crippen LogP contribution >= 0.6 is 0 Å². The Balaban J connectivity index is 1.87. The number of fused-ring (bicyclic) bond motifs is 2. The van der Waals surface area contributed by atoms with E-state index in [1.165, 1.54) is 25.7 Å². The predicted octanol–water partition coefficient (Wildman–Crippen LogP) is 0.879. The van der Waals surface area contributed by atoms with Crippen molar-refractivity contribution in [2.75, 3.05) is 6.54 Å². The molecule has 2 fully saturated rings. The van der Waals surface area contributed by atoms with Gasteiger partial charge in [0.1, 0.15) is 0 Å². The molecule has 2 saturated heterocycles. The van der Waals surface area contributed by atoms with Crippen LogP contribution in [-0.2, 0) is 0 Å². The molecule has 0 aromatic heterocycles. The highest BCUT2D eigenvalue weighted by Crippen LogP contribution is 2.26. The SMILES string of the molecule is CCNC1CC2CCC(C1)N2. The highest BCUT2D eigenvalue weighted by Gasteiger charge is 2.32. The Labute approximate surface area is 68.7 Å². The van der Waals surface area contributed by atoms with Gasteiger partial charge in [-0.3, -0.25) is 0 Å². The molecule has 0 saturated carbocycles. The Morgan fingerprint density at radius 1 is 1.27 bits per heavy atom. The standard InChI is InChI=1S/C9H18N2/c1-2-10-9-5-7-3-4-8(6-9)11-7/h7-11H,2-6H2,1H3. The summed E-state index contributed by atoms with van der Waals surface area (Å²) in [7, 11) is 0. The Morgan fingerprint density at radius 2 is 1.91 bits per heavy atom. The van der Waals surface area contributed by atoms with Gasteiger partial charge in [0.25, 0.3) is 0 Å². The van der Waals surface area contributed by atoms with E-state index in [4.69, 9.17) is 0 Å². The normalized spacial score (nSPS) is 42.8. The van der Waals surface area contributed by atoms with E-state index in [2.05, 4.69) is 17.6 Å². The summed E-state index contributed by atoms with van der Waals surface area (Å²) in [5.41, 5.74) is 0. The van der Waals surface area contributed by atoms with Gasteiger partial charge in [0.05, 0.1) is 0 Å². The van der Waals surface area contributed by atoms with E-state index in [0.717, 1.165) is 24.7 Å². The maximum absolute atomic E-state index is 3.64. The third-order valence-corrected chi connectivity index (χ3v) is 2.97. The fourth-order valence-corrected chi connectivity index (χ4v) is 2.51. The average molecular weight is 154 g/mol. The molecule has 2 heterocycles. The molecular weight excluding hydrogens is 136 g/mol. The summed E-state index contributed by atoms with van der Waals surface area (Å²) in [6.45, 7) is 3.33. The molecule has 2 rings (SSSR count). The Morgan fingerprint density at radius 3 is 2.45 bits per heavy atom. The van der Waals surface area contributed by atoms with Gasteiger partial charge in [-0.25, -0.2) is 0 Å². The molecule has 2 heteroatoms. The number of piperidine rings is 1. The second kappa shape index (κ2) is 3.11. The molecule has 2 unspecified atom stereocenters. The Bertz CT molecular complexity index is 124. The monoisotopic (exact) mass is 154 g/mol. The molecule has 0 amide bonds. The third kappa shape index (κ3) is 1.57. The molecule has 2 nitrogen and oxygen atoms in total. The van der Waals surface area contributed by atoms with E-state index in [1.807, 2.05) is 0 Å². The van der Waals surface area contributed by atoms with E-state index in [9.17, 15) is 0 Å². The summed E-state index contributed by atoms with van der Waals surface area (Å²) >= 11 is 0. The topological polar surface area (TPSA) is 24.1 Å². The minimum Gasteiger partial charge on any atom is -0.314 e. The first-order valence-electron chi connectivity index (χ1n) is 4.88. The molecule has 0 aromatic rings. The summed E-state index contributed by atoms with van der Waals surface area (Å²) in [5, 5.41) is 7.18. The first-order valence-corrected chi connectivity index (χ1v) is 4.88. The molecule has 2 aliphatic heterocycles. The van der Waals surface area contributed by atoms with E-state index < -0.39 is 0 Å². The van der Waals surface area contributed by atoms with Crippen molar-refractivity contribution in [3.63, 3.8) is 0 Å². The van der Waals surface area contributed by atoms with Crippen LogP contribution in [0.2, 0.25) is 0 Å². The molecule has 2 N–H and O–H groups in total. The lowest BCUT2D eigenvalue weighted by atomic mass is 10.00. The predicted molar refractivity (Wildman–Crippen MR) is 46.6 cm³/mol. The fourth-order valence-electron chi connectivity index (χ4n) is 2.51. The van der Waals surface area contributed by atoms with Gasteiger partial charge >= 0.3 is 0 Å². The van der Waals surface area contributed by atoms with Crippen LogP contribution in [0, 0.1) is 0 Å². The van der Waals surface area contributed by atoms with E-state index in [1.54, 1.807) is 0 Å². The van der Waals surface area contributed by atoms with Crippen molar-refractivity contribution in [1.29, 1.82) is 0 Å². The minimum atomic E-state index is 0.804. The van der Waals surface area contributed by atoms with Crippen molar-refractivity contribution in [3.05, 3.63) is 0 Å². The lowest BCUT2D eigenvalue weighted by Gasteiger charge is -2.29. The molecule has 64 valence electrons. The molecule has 11 heavy (non-hydrogen) atoms. The lowest BCUT2D eigenvalue weighted by molar-refractivity contribution is 0.322. The molecule has 0 aliphatic carbocycles.